The molecule has 0 aliphatic rings. The number of benzene rings is 3. The van der Waals surface area contributed by atoms with E-state index in [-0.39, 0.29) is 0 Å². The molecule has 0 radical (unpaired) electrons. The first-order valence-corrected chi connectivity index (χ1v) is 11.1. The highest BCUT2D eigenvalue weighted by atomic mass is 15.0. The van der Waals surface area contributed by atoms with Gasteiger partial charge in [0.1, 0.15) is 13.1 Å². The largest absolute Gasteiger partial charge is 0.307 e. The number of fused-ring (bicyclic) bond motifs is 5. The van der Waals surface area contributed by atoms with Gasteiger partial charge in [0, 0.05) is 36.2 Å². The number of hydrogen-bond donors (Lipinski definition) is 0. The van der Waals surface area contributed by atoms with E-state index in [1.54, 1.807) is 0 Å². The summed E-state index contributed by atoms with van der Waals surface area (Å²) in [6.07, 6.45) is 2.10. The van der Waals surface area contributed by atoms with Crippen LogP contribution in [0.2, 0.25) is 0 Å². The van der Waals surface area contributed by atoms with E-state index in [1.807, 2.05) is 19.9 Å². The first-order chi connectivity index (χ1) is 15.8. The molecule has 4 heteroatoms. The first kappa shape index (κ1) is 19.5. The molecular weight excluding hydrogens is 404 g/mol. The Morgan fingerprint density at radius 1 is 1.00 bits per heavy atom. The Morgan fingerprint density at radius 3 is 2.48 bits per heavy atom. The van der Waals surface area contributed by atoms with Crippen LogP contribution in [0.25, 0.3) is 53.8 Å². The van der Waals surface area contributed by atoms with E-state index in [1.165, 1.54) is 16.3 Å². The molecule has 0 N–H and O–H groups in total. The number of nitrogens with zero attached hydrogens (tertiary/aromatic N) is 4. The van der Waals surface area contributed by atoms with Crippen LogP contribution in [0.4, 0.5) is 0 Å². The molecule has 6 rings (SSSR count). The quantitative estimate of drug-likeness (QED) is 0.128. The molecule has 6 aromatic rings. The van der Waals surface area contributed by atoms with Crippen LogP contribution >= 0.6 is 0 Å². The monoisotopic (exact) mass is 427 g/mol. The van der Waals surface area contributed by atoms with Gasteiger partial charge in [-0.15, -0.1) is 0 Å². The molecule has 0 bridgehead atoms. The minimum absolute atomic E-state index is 0.633. The van der Waals surface area contributed by atoms with Crippen molar-refractivity contribution in [2.75, 3.05) is 0 Å². The van der Waals surface area contributed by atoms with E-state index < -0.39 is 5.54 Å². The third-order valence-corrected chi connectivity index (χ3v) is 7.46. The van der Waals surface area contributed by atoms with E-state index in [4.69, 9.17) is 6.57 Å². The van der Waals surface area contributed by atoms with Crippen molar-refractivity contribution in [3.05, 3.63) is 82.3 Å². The Hall–Kier alpha value is -4.15. The SMILES string of the molecule is [C-]#[N+]C(C)(C)c1cc2cc[n+](C)c3c4c(C)c(C)c(C#N)c5c6ccccc6n(c(c1)c23)c54. The zero-order chi connectivity index (χ0) is 23.2. The minimum Gasteiger partial charge on any atom is -0.307 e. The lowest BCUT2D eigenvalue weighted by molar-refractivity contribution is -0.643. The summed E-state index contributed by atoms with van der Waals surface area (Å²) in [5.74, 6) is 0. The maximum atomic E-state index is 10.2. The zero-order valence-electron chi connectivity index (χ0n) is 19.4. The summed E-state index contributed by atoms with van der Waals surface area (Å²) in [5, 5.41) is 15.8. The van der Waals surface area contributed by atoms with Gasteiger partial charge in [-0.3, -0.25) is 0 Å². The molecule has 0 fully saturated rings. The summed E-state index contributed by atoms with van der Waals surface area (Å²) in [6.45, 7) is 15.9. The molecule has 0 unspecified atom stereocenters. The van der Waals surface area contributed by atoms with E-state index in [0.29, 0.717) is 0 Å². The summed E-state index contributed by atoms with van der Waals surface area (Å²) in [7, 11) is 2.09. The number of nitriles is 1. The Balaban J connectivity index is 2.09. The smallest absolute Gasteiger partial charge is 0.252 e. The van der Waals surface area contributed by atoms with Gasteiger partial charge in [-0.25, -0.2) is 11.1 Å². The predicted octanol–water partition coefficient (Wildman–Crippen LogP) is 6.46. The van der Waals surface area contributed by atoms with Gasteiger partial charge in [-0.2, -0.15) is 5.26 Å². The highest BCUT2D eigenvalue weighted by Crippen LogP contribution is 2.44. The molecule has 33 heavy (non-hydrogen) atoms. The van der Waals surface area contributed by atoms with Crippen LogP contribution in [0.5, 0.6) is 0 Å². The van der Waals surface area contributed by atoms with E-state index in [9.17, 15) is 5.26 Å². The summed E-state index contributed by atoms with van der Waals surface area (Å²) in [5.41, 5.74) is 7.71. The second-order valence-electron chi connectivity index (χ2n) is 9.59. The molecule has 3 heterocycles. The van der Waals surface area contributed by atoms with Crippen LogP contribution in [0.3, 0.4) is 0 Å². The van der Waals surface area contributed by atoms with Crippen molar-refractivity contribution < 1.29 is 4.57 Å². The van der Waals surface area contributed by atoms with Crippen molar-refractivity contribution in [2.24, 2.45) is 7.05 Å². The molecular formula is C29H23N4+. The molecule has 0 amide bonds. The average Bonchev–Trinajstić information content (AvgIpc) is 3.16. The Morgan fingerprint density at radius 2 is 1.76 bits per heavy atom. The number of aryl methyl sites for hydroxylation is 2. The van der Waals surface area contributed by atoms with Crippen LogP contribution in [-0.4, -0.2) is 4.40 Å². The second kappa shape index (κ2) is 6.21. The van der Waals surface area contributed by atoms with Gasteiger partial charge in [0.2, 0.25) is 5.52 Å². The van der Waals surface area contributed by atoms with E-state index in [2.05, 4.69) is 83.4 Å². The van der Waals surface area contributed by atoms with Gasteiger partial charge in [-0.05, 0) is 48.6 Å². The fourth-order valence-corrected chi connectivity index (χ4v) is 5.53. The molecule has 0 saturated heterocycles. The molecule has 4 nitrogen and oxygen atoms in total. The Labute approximate surface area is 192 Å². The molecule has 0 saturated carbocycles. The molecule has 0 atom stereocenters. The number of hydrogen-bond acceptors (Lipinski definition) is 1. The fraction of sp³-hybridized carbons (Fsp3) is 0.207. The van der Waals surface area contributed by atoms with Crippen LogP contribution in [0, 0.1) is 31.8 Å². The lowest BCUT2D eigenvalue weighted by Crippen LogP contribution is -2.29. The highest BCUT2D eigenvalue weighted by molar-refractivity contribution is 6.27. The number of rotatable bonds is 1. The third kappa shape index (κ3) is 2.25. The molecule has 0 aliphatic heterocycles. The van der Waals surface area contributed by atoms with Crippen molar-refractivity contribution in [1.29, 1.82) is 5.26 Å². The van der Waals surface area contributed by atoms with Gasteiger partial charge >= 0.3 is 0 Å². The Bertz CT molecular complexity index is 1890. The number of aromatic nitrogens is 2. The highest BCUT2D eigenvalue weighted by Gasteiger charge is 2.31. The first-order valence-electron chi connectivity index (χ1n) is 11.1. The van der Waals surface area contributed by atoms with Gasteiger partial charge in [-0.1, -0.05) is 18.2 Å². The van der Waals surface area contributed by atoms with E-state index >= 15 is 0 Å². The summed E-state index contributed by atoms with van der Waals surface area (Å²) >= 11 is 0. The lowest BCUT2D eigenvalue weighted by atomic mass is 9.89. The zero-order valence-corrected chi connectivity index (χ0v) is 19.4. The molecule has 3 aromatic carbocycles. The summed E-state index contributed by atoms with van der Waals surface area (Å²) < 4.78 is 4.52. The van der Waals surface area contributed by atoms with Gasteiger partial charge < -0.3 is 9.25 Å². The van der Waals surface area contributed by atoms with Crippen LogP contribution in [-0.2, 0) is 12.6 Å². The molecule has 3 aromatic heterocycles. The minimum atomic E-state index is -0.633. The average molecular weight is 428 g/mol. The van der Waals surface area contributed by atoms with Crippen molar-refractivity contribution in [1.82, 2.24) is 4.40 Å². The second-order valence-corrected chi connectivity index (χ2v) is 9.59. The van der Waals surface area contributed by atoms with Gasteiger partial charge in [0.15, 0.2) is 6.20 Å². The van der Waals surface area contributed by atoms with E-state index in [0.717, 1.165) is 55.0 Å². The maximum absolute atomic E-state index is 10.2. The summed E-state index contributed by atoms with van der Waals surface area (Å²) in [4.78, 5) is 3.92. The Kier molecular flexibility index (Phi) is 3.68. The van der Waals surface area contributed by atoms with Crippen LogP contribution in [0.15, 0.2) is 48.7 Å². The third-order valence-electron chi connectivity index (χ3n) is 7.46. The number of para-hydroxylation sites is 1. The topological polar surface area (TPSA) is 36.4 Å². The molecule has 0 aliphatic carbocycles. The standard InChI is InChI=1S/C29H23N4/c1-16-17(2)24-27-25-18(11-12-32(27)6)13-19(29(3,4)31-5)14-23(25)33-22-10-8-7-9-20(22)26(28(24)33)21(16)15-30/h7-14H,1-4,6H3/q+1. The molecule has 0 spiro atoms. The number of pyridine rings is 2. The van der Waals surface area contributed by atoms with Crippen molar-refractivity contribution >= 4 is 49.0 Å². The van der Waals surface area contributed by atoms with Crippen LogP contribution < -0.4 is 4.57 Å². The van der Waals surface area contributed by atoms with Crippen molar-refractivity contribution in [3.8, 4) is 6.07 Å². The maximum Gasteiger partial charge on any atom is 0.252 e. The normalized spacial score (nSPS) is 12.3. The summed E-state index contributed by atoms with van der Waals surface area (Å²) in [6, 6.07) is 17.4. The predicted molar refractivity (Wildman–Crippen MR) is 134 cm³/mol. The van der Waals surface area contributed by atoms with Crippen molar-refractivity contribution in [3.63, 3.8) is 0 Å². The van der Waals surface area contributed by atoms with Crippen LogP contribution in [0.1, 0.15) is 36.1 Å². The van der Waals surface area contributed by atoms with Crippen molar-refractivity contribution in [2.45, 2.75) is 33.2 Å². The lowest BCUT2D eigenvalue weighted by Gasteiger charge is -2.18. The van der Waals surface area contributed by atoms with Gasteiger partial charge in [0.05, 0.1) is 32.9 Å². The molecule has 158 valence electrons. The fourth-order valence-electron chi connectivity index (χ4n) is 5.53. The van der Waals surface area contributed by atoms with Gasteiger partial charge in [0.25, 0.3) is 5.54 Å².